The quantitative estimate of drug-likeness (QED) is 0.422. The van der Waals surface area contributed by atoms with Crippen LogP contribution in [0.1, 0.15) is 26.2 Å². The summed E-state index contributed by atoms with van der Waals surface area (Å²) in [6.45, 7) is 2.15. The molecular weight excluding hydrogens is 120 g/mol. The third-order valence-electron chi connectivity index (χ3n) is 1.04. The van der Waals surface area contributed by atoms with E-state index in [9.17, 15) is 4.55 Å². The maximum atomic E-state index is 10.4. The molecule has 0 spiro atoms. The van der Waals surface area contributed by atoms with Crippen molar-refractivity contribution >= 4 is 11.2 Å². The van der Waals surface area contributed by atoms with E-state index in [1.807, 2.05) is 0 Å². The second-order valence-corrected chi connectivity index (χ2v) is 3.54. The van der Waals surface area contributed by atoms with E-state index in [0.717, 1.165) is 12.2 Å². The molecule has 0 unspecified atom stereocenters. The first-order valence-electron chi connectivity index (χ1n) is 3.07. The zero-order chi connectivity index (χ0) is 6.41. The van der Waals surface area contributed by atoms with Gasteiger partial charge >= 0.3 is 0 Å². The predicted octanol–water partition coefficient (Wildman–Crippen LogP) is 1.56. The summed E-state index contributed by atoms with van der Waals surface area (Å²) >= 11 is -0.567. The topological polar surface area (TPSA) is 23.1 Å². The Labute approximate surface area is 54.7 Å². The first-order valence-corrected chi connectivity index (χ1v) is 4.80. The molecule has 0 aliphatic carbocycles. The third kappa shape index (κ3) is 6.31. The smallest absolute Gasteiger partial charge is 0.105 e. The maximum absolute atomic E-state index is 10.4. The van der Waals surface area contributed by atoms with Crippen LogP contribution in [-0.4, -0.2) is 16.6 Å². The molecule has 0 bridgehead atoms. The summed E-state index contributed by atoms with van der Waals surface area (Å²) in [7, 11) is 0. The highest BCUT2D eigenvalue weighted by Crippen LogP contribution is 1.96. The van der Waals surface area contributed by atoms with Crippen LogP contribution in [0.4, 0.5) is 0 Å². The molecule has 0 aromatic rings. The molecule has 0 heterocycles. The van der Waals surface area contributed by atoms with Crippen molar-refractivity contribution in [1.29, 1.82) is 0 Å². The van der Waals surface area contributed by atoms with Gasteiger partial charge in [0.05, 0.1) is 6.26 Å². The van der Waals surface area contributed by atoms with E-state index in [1.54, 1.807) is 6.26 Å². The molecule has 0 fully saturated rings. The molecule has 1 atom stereocenters. The van der Waals surface area contributed by atoms with Crippen LogP contribution in [-0.2, 0) is 11.2 Å². The molecule has 2 heteroatoms. The summed E-state index contributed by atoms with van der Waals surface area (Å²) < 4.78 is 10.4. The number of hydrogen-bond donors (Lipinski definition) is 0. The summed E-state index contributed by atoms with van der Waals surface area (Å²) in [6, 6.07) is 0. The largest absolute Gasteiger partial charge is 0.617 e. The Morgan fingerprint density at radius 1 is 1.38 bits per heavy atom. The summed E-state index contributed by atoms with van der Waals surface area (Å²) in [6.07, 6.45) is 5.33. The van der Waals surface area contributed by atoms with Crippen molar-refractivity contribution < 1.29 is 4.55 Å². The average molecular weight is 134 g/mol. The van der Waals surface area contributed by atoms with Gasteiger partial charge < -0.3 is 4.55 Å². The average Bonchev–Trinajstić information content (AvgIpc) is 1.66. The Hall–Kier alpha value is 0.310. The zero-order valence-corrected chi connectivity index (χ0v) is 6.46. The van der Waals surface area contributed by atoms with Gasteiger partial charge in [0.25, 0.3) is 0 Å². The van der Waals surface area contributed by atoms with Gasteiger partial charge in [-0.05, 0) is 12.8 Å². The summed E-state index contributed by atoms with van der Waals surface area (Å²) in [5, 5.41) is 0. The molecule has 8 heavy (non-hydrogen) atoms. The third-order valence-corrected chi connectivity index (χ3v) is 1.90. The van der Waals surface area contributed by atoms with Crippen molar-refractivity contribution in [2.45, 2.75) is 26.2 Å². The minimum atomic E-state index is -0.567. The van der Waals surface area contributed by atoms with Crippen molar-refractivity contribution in [2.24, 2.45) is 0 Å². The van der Waals surface area contributed by atoms with Crippen LogP contribution in [0, 0.1) is 0 Å². The minimum absolute atomic E-state index is 0.567. The monoisotopic (exact) mass is 134 g/mol. The molecule has 0 radical (unpaired) electrons. The Morgan fingerprint density at radius 3 is 2.38 bits per heavy atom. The molecule has 0 N–H and O–H groups in total. The second kappa shape index (κ2) is 5.45. The van der Waals surface area contributed by atoms with Gasteiger partial charge in [-0.1, -0.05) is 24.5 Å². The SMILES string of the molecule is CCCCC[S@@+](C)[O-]. The summed E-state index contributed by atoms with van der Waals surface area (Å²) in [5.41, 5.74) is 0. The normalized spacial score (nSPS) is 13.9. The van der Waals surface area contributed by atoms with Crippen LogP contribution < -0.4 is 0 Å². The summed E-state index contributed by atoms with van der Waals surface area (Å²) in [5.74, 6) is 0.883. The number of unbranched alkanes of at least 4 members (excludes halogenated alkanes) is 2. The van der Waals surface area contributed by atoms with Gasteiger partial charge in [-0.3, -0.25) is 0 Å². The molecular formula is C6H14OS. The molecule has 0 saturated heterocycles. The minimum Gasteiger partial charge on any atom is -0.617 e. The van der Waals surface area contributed by atoms with Crippen LogP contribution in [0.5, 0.6) is 0 Å². The fraction of sp³-hybridized carbons (Fsp3) is 1.00. The lowest BCUT2D eigenvalue weighted by Gasteiger charge is -2.01. The Morgan fingerprint density at radius 2 is 2.00 bits per heavy atom. The van der Waals surface area contributed by atoms with Crippen LogP contribution in [0.2, 0.25) is 0 Å². The highest BCUT2D eigenvalue weighted by atomic mass is 32.2. The lowest BCUT2D eigenvalue weighted by Crippen LogP contribution is -2.01. The van der Waals surface area contributed by atoms with Gasteiger partial charge in [-0.25, -0.2) is 0 Å². The van der Waals surface area contributed by atoms with Gasteiger partial charge in [0.1, 0.15) is 5.75 Å². The van der Waals surface area contributed by atoms with Gasteiger partial charge in [0, 0.05) is 0 Å². The maximum Gasteiger partial charge on any atom is 0.105 e. The van der Waals surface area contributed by atoms with Gasteiger partial charge in [0.15, 0.2) is 0 Å². The van der Waals surface area contributed by atoms with E-state index >= 15 is 0 Å². The lowest BCUT2D eigenvalue weighted by molar-refractivity contribution is 0.595. The van der Waals surface area contributed by atoms with Gasteiger partial charge in [-0.15, -0.1) is 0 Å². The first kappa shape index (κ1) is 8.31. The van der Waals surface area contributed by atoms with Gasteiger partial charge in [0.2, 0.25) is 0 Å². The predicted molar refractivity (Wildman–Crippen MR) is 38.5 cm³/mol. The number of hydrogen-bond acceptors (Lipinski definition) is 1. The van der Waals surface area contributed by atoms with Crippen LogP contribution in [0.3, 0.4) is 0 Å². The molecule has 0 aromatic heterocycles. The molecule has 0 amide bonds. The van der Waals surface area contributed by atoms with E-state index < -0.39 is 11.2 Å². The fourth-order valence-corrected chi connectivity index (χ4v) is 1.17. The Bertz CT molecular complexity index is 45.8. The van der Waals surface area contributed by atoms with Crippen molar-refractivity contribution in [1.82, 2.24) is 0 Å². The molecule has 0 aliphatic heterocycles. The molecule has 50 valence electrons. The Kier molecular flexibility index (Phi) is 5.66. The standard InChI is InChI=1S/C6H14OS/c1-3-4-5-6-8(2)7/h3-6H2,1-2H3/t8-/m1/s1. The highest BCUT2D eigenvalue weighted by molar-refractivity contribution is 7.90. The zero-order valence-electron chi connectivity index (χ0n) is 5.64. The molecule has 0 saturated carbocycles. The van der Waals surface area contributed by atoms with Crippen molar-refractivity contribution in [3.63, 3.8) is 0 Å². The van der Waals surface area contributed by atoms with Crippen LogP contribution in [0.15, 0.2) is 0 Å². The summed E-state index contributed by atoms with van der Waals surface area (Å²) in [4.78, 5) is 0. The van der Waals surface area contributed by atoms with E-state index in [-0.39, 0.29) is 0 Å². The van der Waals surface area contributed by atoms with Crippen LogP contribution >= 0.6 is 0 Å². The van der Waals surface area contributed by atoms with Gasteiger partial charge in [-0.2, -0.15) is 0 Å². The Balaban J connectivity index is 2.72. The molecule has 0 aromatic carbocycles. The first-order chi connectivity index (χ1) is 3.77. The van der Waals surface area contributed by atoms with Crippen molar-refractivity contribution in [3.8, 4) is 0 Å². The van der Waals surface area contributed by atoms with E-state index in [1.165, 1.54) is 12.8 Å². The van der Waals surface area contributed by atoms with Crippen LogP contribution in [0.25, 0.3) is 0 Å². The lowest BCUT2D eigenvalue weighted by atomic mass is 10.3. The van der Waals surface area contributed by atoms with Crippen molar-refractivity contribution in [3.05, 3.63) is 0 Å². The molecule has 0 rings (SSSR count). The fourth-order valence-electron chi connectivity index (χ4n) is 0.555. The van der Waals surface area contributed by atoms with E-state index in [4.69, 9.17) is 0 Å². The number of rotatable bonds is 4. The molecule has 1 nitrogen and oxygen atoms in total. The van der Waals surface area contributed by atoms with Crippen molar-refractivity contribution in [2.75, 3.05) is 12.0 Å². The van der Waals surface area contributed by atoms with E-state index in [2.05, 4.69) is 6.92 Å². The second-order valence-electron chi connectivity index (χ2n) is 1.98. The molecule has 0 aliphatic rings. The highest BCUT2D eigenvalue weighted by Gasteiger charge is 1.93. The van der Waals surface area contributed by atoms with E-state index in [0.29, 0.717) is 0 Å².